The lowest BCUT2D eigenvalue weighted by atomic mass is 10.2. The zero-order chi connectivity index (χ0) is 8.10. The Bertz CT molecular complexity index is 223. The fraction of sp³-hybridized carbons (Fsp3) is 0.333. The summed E-state index contributed by atoms with van der Waals surface area (Å²) < 4.78 is 6.05. The van der Waals surface area contributed by atoms with Crippen LogP contribution in [0, 0.1) is 0 Å². The molecule has 0 amide bonds. The quantitative estimate of drug-likeness (QED) is 0.601. The van der Waals surface area contributed by atoms with Gasteiger partial charge >= 0.3 is 0 Å². The minimum Gasteiger partial charge on any atom is -0.483 e. The molecule has 0 saturated heterocycles. The molecule has 2 heteroatoms. The largest absolute Gasteiger partial charge is 0.483 e. The summed E-state index contributed by atoms with van der Waals surface area (Å²) >= 11 is 2.19. The van der Waals surface area contributed by atoms with Crippen molar-refractivity contribution >= 4 is 22.6 Å². The van der Waals surface area contributed by atoms with E-state index in [1.54, 1.807) is 0 Å². The fourth-order valence-electron chi connectivity index (χ4n) is 0.918. The summed E-state index contributed by atoms with van der Waals surface area (Å²) in [6, 6.07) is 8.21. The summed E-state index contributed by atoms with van der Waals surface area (Å²) in [6.07, 6.45) is 1.07. The van der Waals surface area contributed by atoms with E-state index in [-0.39, 0.29) is 0 Å². The molecule has 0 radical (unpaired) electrons. The Morgan fingerprint density at radius 2 is 2.27 bits per heavy atom. The topological polar surface area (TPSA) is 9.23 Å². The standard InChI is InChI=1S/C9H11IO/c1-2-8-4-3-5-9(6-8)11-7-10/h3-6H,2,7H2,1H3. The zero-order valence-electron chi connectivity index (χ0n) is 6.51. The molecule has 0 unspecified atom stereocenters. The first kappa shape index (κ1) is 8.84. The molecule has 0 aromatic heterocycles. The van der Waals surface area contributed by atoms with Gasteiger partial charge < -0.3 is 4.74 Å². The van der Waals surface area contributed by atoms with E-state index in [0.29, 0.717) is 4.61 Å². The van der Waals surface area contributed by atoms with Gasteiger partial charge in [-0.05, 0) is 46.7 Å². The molecule has 1 rings (SSSR count). The third kappa shape index (κ3) is 2.69. The molecular formula is C9H11IO. The summed E-state index contributed by atoms with van der Waals surface area (Å²) in [6.45, 7) is 2.14. The van der Waals surface area contributed by atoms with Crippen LogP contribution in [0.5, 0.6) is 5.75 Å². The van der Waals surface area contributed by atoms with Crippen LogP contribution in [0.3, 0.4) is 0 Å². The Balaban J connectivity index is 2.74. The molecule has 0 bridgehead atoms. The number of rotatable bonds is 3. The Labute approximate surface area is 80.9 Å². The lowest BCUT2D eigenvalue weighted by Gasteiger charge is -2.02. The molecular weight excluding hydrogens is 251 g/mol. The van der Waals surface area contributed by atoms with Gasteiger partial charge in [-0.15, -0.1) is 0 Å². The van der Waals surface area contributed by atoms with Crippen LogP contribution < -0.4 is 4.74 Å². The smallest absolute Gasteiger partial charge is 0.139 e. The number of aryl methyl sites for hydroxylation is 1. The van der Waals surface area contributed by atoms with E-state index in [9.17, 15) is 0 Å². The number of alkyl halides is 1. The Morgan fingerprint density at radius 1 is 1.45 bits per heavy atom. The van der Waals surface area contributed by atoms with Crippen molar-refractivity contribution in [3.8, 4) is 5.75 Å². The molecule has 0 aliphatic rings. The van der Waals surface area contributed by atoms with Gasteiger partial charge in [-0.25, -0.2) is 0 Å². The van der Waals surface area contributed by atoms with E-state index >= 15 is 0 Å². The van der Waals surface area contributed by atoms with Crippen LogP contribution in [0.25, 0.3) is 0 Å². The van der Waals surface area contributed by atoms with Gasteiger partial charge in [0.2, 0.25) is 0 Å². The van der Waals surface area contributed by atoms with E-state index in [1.165, 1.54) is 5.56 Å². The number of hydrogen-bond donors (Lipinski definition) is 0. The van der Waals surface area contributed by atoms with Gasteiger partial charge in [0.25, 0.3) is 0 Å². The molecule has 0 heterocycles. The van der Waals surface area contributed by atoms with Gasteiger partial charge in [-0.3, -0.25) is 0 Å². The number of hydrogen-bond acceptors (Lipinski definition) is 1. The minimum atomic E-state index is 0.713. The third-order valence-electron chi connectivity index (χ3n) is 1.53. The first-order valence-electron chi connectivity index (χ1n) is 3.64. The highest BCUT2D eigenvalue weighted by Gasteiger charge is 1.92. The van der Waals surface area contributed by atoms with Gasteiger partial charge in [0.1, 0.15) is 10.4 Å². The van der Waals surface area contributed by atoms with Gasteiger partial charge in [0.05, 0.1) is 0 Å². The molecule has 0 atom stereocenters. The number of ether oxygens (including phenoxy) is 1. The van der Waals surface area contributed by atoms with Crippen molar-refractivity contribution in [2.24, 2.45) is 0 Å². The van der Waals surface area contributed by atoms with Gasteiger partial charge in [0, 0.05) is 0 Å². The van der Waals surface area contributed by atoms with Crippen molar-refractivity contribution in [3.05, 3.63) is 29.8 Å². The summed E-state index contributed by atoms with van der Waals surface area (Å²) in [4.78, 5) is 0. The summed E-state index contributed by atoms with van der Waals surface area (Å²) in [5, 5.41) is 0. The van der Waals surface area contributed by atoms with Crippen LogP contribution in [-0.4, -0.2) is 4.61 Å². The molecule has 0 spiro atoms. The van der Waals surface area contributed by atoms with Crippen molar-refractivity contribution in [2.75, 3.05) is 4.61 Å². The van der Waals surface area contributed by atoms with Crippen LogP contribution in [0.4, 0.5) is 0 Å². The second-order valence-corrected chi connectivity index (χ2v) is 2.88. The maximum Gasteiger partial charge on any atom is 0.139 e. The predicted octanol–water partition coefficient (Wildman–Crippen LogP) is 3.02. The summed E-state index contributed by atoms with van der Waals surface area (Å²) in [7, 11) is 0. The maximum atomic E-state index is 5.34. The van der Waals surface area contributed by atoms with Gasteiger partial charge in [0.15, 0.2) is 0 Å². The van der Waals surface area contributed by atoms with E-state index < -0.39 is 0 Å². The van der Waals surface area contributed by atoms with Crippen LogP contribution in [0.2, 0.25) is 0 Å². The average molecular weight is 262 g/mol. The average Bonchev–Trinajstić information content (AvgIpc) is 2.06. The normalized spacial score (nSPS) is 9.64. The highest BCUT2D eigenvalue weighted by atomic mass is 127. The van der Waals surface area contributed by atoms with Crippen LogP contribution in [0.1, 0.15) is 12.5 Å². The number of halogens is 1. The van der Waals surface area contributed by atoms with Crippen molar-refractivity contribution in [1.82, 2.24) is 0 Å². The predicted molar refractivity (Wildman–Crippen MR) is 55.3 cm³/mol. The Hall–Kier alpha value is -0.250. The molecule has 1 aromatic carbocycles. The van der Waals surface area contributed by atoms with Crippen LogP contribution in [-0.2, 0) is 6.42 Å². The lowest BCUT2D eigenvalue weighted by molar-refractivity contribution is 0.404. The Morgan fingerprint density at radius 3 is 2.91 bits per heavy atom. The first-order chi connectivity index (χ1) is 5.36. The molecule has 0 aliphatic carbocycles. The van der Waals surface area contributed by atoms with Crippen LogP contribution in [0.15, 0.2) is 24.3 Å². The number of benzene rings is 1. The second-order valence-electron chi connectivity index (χ2n) is 2.25. The highest BCUT2D eigenvalue weighted by molar-refractivity contribution is 14.1. The molecule has 1 nitrogen and oxygen atoms in total. The molecule has 60 valence electrons. The van der Waals surface area contributed by atoms with Crippen molar-refractivity contribution < 1.29 is 4.74 Å². The second kappa shape index (κ2) is 4.59. The van der Waals surface area contributed by atoms with E-state index in [2.05, 4.69) is 41.6 Å². The van der Waals surface area contributed by atoms with Gasteiger partial charge in [-0.1, -0.05) is 19.1 Å². The maximum absolute atomic E-state index is 5.34. The van der Waals surface area contributed by atoms with Gasteiger partial charge in [-0.2, -0.15) is 0 Å². The fourth-order valence-corrected chi connectivity index (χ4v) is 1.28. The monoisotopic (exact) mass is 262 g/mol. The van der Waals surface area contributed by atoms with Crippen molar-refractivity contribution in [2.45, 2.75) is 13.3 Å². The third-order valence-corrected chi connectivity index (χ3v) is 1.84. The highest BCUT2D eigenvalue weighted by Crippen LogP contribution is 2.13. The lowest BCUT2D eigenvalue weighted by Crippen LogP contribution is -1.89. The van der Waals surface area contributed by atoms with Crippen molar-refractivity contribution in [1.29, 1.82) is 0 Å². The van der Waals surface area contributed by atoms with Crippen molar-refractivity contribution in [3.63, 3.8) is 0 Å². The summed E-state index contributed by atoms with van der Waals surface area (Å²) in [5.74, 6) is 0.971. The molecule has 0 saturated carbocycles. The Kier molecular flexibility index (Phi) is 3.69. The zero-order valence-corrected chi connectivity index (χ0v) is 8.67. The first-order valence-corrected chi connectivity index (χ1v) is 5.17. The molecule has 0 fully saturated rings. The van der Waals surface area contributed by atoms with E-state index in [0.717, 1.165) is 12.2 Å². The molecule has 0 N–H and O–H groups in total. The molecule has 11 heavy (non-hydrogen) atoms. The summed E-state index contributed by atoms with van der Waals surface area (Å²) in [5.41, 5.74) is 1.33. The van der Waals surface area contributed by atoms with E-state index in [4.69, 9.17) is 4.74 Å². The molecule has 1 aromatic rings. The van der Waals surface area contributed by atoms with E-state index in [1.807, 2.05) is 12.1 Å². The minimum absolute atomic E-state index is 0.713. The van der Waals surface area contributed by atoms with Crippen LogP contribution >= 0.6 is 22.6 Å². The SMILES string of the molecule is CCc1cccc(OCI)c1. The molecule has 0 aliphatic heterocycles.